The van der Waals surface area contributed by atoms with Gasteiger partial charge in [0.25, 0.3) is 0 Å². The Hall–Kier alpha value is -1.67. The number of halogens is 1. The molecule has 0 amide bonds. The van der Waals surface area contributed by atoms with Gasteiger partial charge in [0.15, 0.2) is 0 Å². The molecule has 0 saturated carbocycles. The summed E-state index contributed by atoms with van der Waals surface area (Å²) in [6, 6.07) is 12.5. The molecule has 0 aromatic heterocycles. The average molecular weight is 258 g/mol. The Balaban J connectivity index is 2.60. The predicted molar refractivity (Wildman–Crippen MR) is 76.5 cm³/mol. The number of hydrogen-bond donors (Lipinski definition) is 1. The summed E-state index contributed by atoms with van der Waals surface area (Å²) in [6.45, 7) is 3.89. The largest absolute Gasteiger partial charge is 0.389 e. The van der Waals surface area contributed by atoms with Crippen LogP contribution in [0.15, 0.2) is 42.5 Å². The normalized spacial score (nSPS) is 12.4. The fourth-order valence-corrected chi connectivity index (χ4v) is 2.41. The van der Waals surface area contributed by atoms with E-state index in [-0.39, 0.29) is 5.82 Å². The third-order valence-corrected chi connectivity index (χ3v) is 3.29. The SMILES string of the molecule is CCCc1cccc(C(C)O)c1-c1ccc(F)cc1. The van der Waals surface area contributed by atoms with Crippen LogP contribution in [0.25, 0.3) is 11.1 Å². The first kappa shape index (κ1) is 13.8. The second kappa shape index (κ2) is 5.98. The summed E-state index contributed by atoms with van der Waals surface area (Å²) in [6.07, 6.45) is 1.46. The van der Waals surface area contributed by atoms with E-state index in [4.69, 9.17) is 0 Å². The molecule has 0 aliphatic carbocycles. The van der Waals surface area contributed by atoms with Gasteiger partial charge in [0.2, 0.25) is 0 Å². The molecule has 19 heavy (non-hydrogen) atoms. The van der Waals surface area contributed by atoms with Crippen molar-refractivity contribution in [1.82, 2.24) is 0 Å². The lowest BCUT2D eigenvalue weighted by atomic mass is 9.90. The number of aliphatic hydroxyl groups excluding tert-OH is 1. The topological polar surface area (TPSA) is 20.2 Å². The quantitative estimate of drug-likeness (QED) is 0.856. The van der Waals surface area contributed by atoms with E-state index in [1.807, 2.05) is 12.1 Å². The highest BCUT2D eigenvalue weighted by atomic mass is 19.1. The van der Waals surface area contributed by atoms with E-state index < -0.39 is 6.10 Å². The van der Waals surface area contributed by atoms with E-state index in [2.05, 4.69) is 13.0 Å². The fraction of sp³-hybridized carbons (Fsp3) is 0.294. The number of hydrogen-bond acceptors (Lipinski definition) is 1. The minimum atomic E-state index is -0.531. The molecule has 2 rings (SSSR count). The summed E-state index contributed by atoms with van der Waals surface area (Å²) in [5.41, 5.74) is 4.10. The predicted octanol–water partition coefficient (Wildman–Crippen LogP) is 4.50. The minimum Gasteiger partial charge on any atom is -0.389 e. The van der Waals surface area contributed by atoms with Crippen molar-refractivity contribution in [2.45, 2.75) is 32.8 Å². The summed E-state index contributed by atoms with van der Waals surface area (Å²) >= 11 is 0. The van der Waals surface area contributed by atoms with Gasteiger partial charge in [0.1, 0.15) is 5.82 Å². The van der Waals surface area contributed by atoms with Crippen molar-refractivity contribution in [3.05, 3.63) is 59.4 Å². The monoisotopic (exact) mass is 258 g/mol. The number of benzene rings is 2. The molecule has 2 heteroatoms. The third-order valence-electron chi connectivity index (χ3n) is 3.29. The Morgan fingerprint density at radius 3 is 2.37 bits per heavy atom. The smallest absolute Gasteiger partial charge is 0.123 e. The lowest BCUT2D eigenvalue weighted by Crippen LogP contribution is -1.99. The van der Waals surface area contributed by atoms with Crippen LogP contribution in [0.5, 0.6) is 0 Å². The van der Waals surface area contributed by atoms with Gasteiger partial charge in [-0.05, 0) is 47.7 Å². The summed E-state index contributed by atoms with van der Waals surface area (Å²) in [4.78, 5) is 0. The number of aryl methyl sites for hydroxylation is 1. The van der Waals surface area contributed by atoms with Gasteiger partial charge >= 0.3 is 0 Å². The first-order chi connectivity index (χ1) is 9.13. The van der Waals surface area contributed by atoms with Crippen LogP contribution in [0.3, 0.4) is 0 Å². The van der Waals surface area contributed by atoms with Gasteiger partial charge < -0.3 is 5.11 Å². The van der Waals surface area contributed by atoms with E-state index in [9.17, 15) is 9.50 Å². The van der Waals surface area contributed by atoms with Crippen LogP contribution < -0.4 is 0 Å². The van der Waals surface area contributed by atoms with Crippen molar-refractivity contribution < 1.29 is 9.50 Å². The Kier molecular flexibility index (Phi) is 4.33. The van der Waals surface area contributed by atoms with Gasteiger partial charge in [0.05, 0.1) is 6.10 Å². The number of aliphatic hydroxyl groups is 1. The molecule has 2 aromatic rings. The van der Waals surface area contributed by atoms with Crippen molar-refractivity contribution in [1.29, 1.82) is 0 Å². The second-order valence-corrected chi connectivity index (χ2v) is 4.81. The Morgan fingerprint density at radius 1 is 1.11 bits per heavy atom. The van der Waals surface area contributed by atoms with Crippen molar-refractivity contribution >= 4 is 0 Å². The van der Waals surface area contributed by atoms with Gasteiger partial charge in [-0.25, -0.2) is 4.39 Å². The molecule has 1 nitrogen and oxygen atoms in total. The maximum Gasteiger partial charge on any atom is 0.123 e. The molecule has 0 aliphatic rings. The van der Waals surface area contributed by atoms with Crippen molar-refractivity contribution in [2.75, 3.05) is 0 Å². The van der Waals surface area contributed by atoms with Crippen LogP contribution in [0.4, 0.5) is 4.39 Å². The van der Waals surface area contributed by atoms with Crippen LogP contribution in [0.2, 0.25) is 0 Å². The molecule has 1 unspecified atom stereocenters. The van der Waals surface area contributed by atoms with Gasteiger partial charge in [-0.3, -0.25) is 0 Å². The summed E-state index contributed by atoms with van der Waals surface area (Å²) in [7, 11) is 0. The molecule has 0 radical (unpaired) electrons. The zero-order valence-corrected chi connectivity index (χ0v) is 11.4. The van der Waals surface area contributed by atoms with E-state index in [1.165, 1.54) is 17.7 Å². The lowest BCUT2D eigenvalue weighted by molar-refractivity contribution is 0.200. The van der Waals surface area contributed by atoms with Crippen molar-refractivity contribution in [2.24, 2.45) is 0 Å². The lowest BCUT2D eigenvalue weighted by Gasteiger charge is -2.17. The molecular weight excluding hydrogens is 239 g/mol. The molecule has 100 valence electrons. The number of rotatable bonds is 4. The highest BCUT2D eigenvalue weighted by Gasteiger charge is 2.13. The van der Waals surface area contributed by atoms with Gasteiger partial charge in [-0.1, -0.05) is 43.7 Å². The van der Waals surface area contributed by atoms with Crippen molar-refractivity contribution in [3.63, 3.8) is 0 Å². The second-order valence-electron chi connectivity index (χ2n) is 4.81. The van der Waals surface area contributed by atoms with E-state index >= 15 is 0 Å². The Morgan fingerprint density at radius 2 is 1.79 bits per heavy atom. The summed E-state index contributed by atoms with van der Waals surface area (Å²) < 4.78 is 13.1. The van der Waals surface area contributed by atoms with Crippen LogP contribution in [0, 0.1) is 5.82 Å². The van der Waals surface area contributed by atoms with Gasteiger partial charge in [0, 0.05) is 0 Å². The summed E-state index contributed by atoms with van der Waals surface area (Å²) in [5, 5.41) is 9.94. The standard InChI is InChI=1S/C17H19FO/c1-3-5-13-6-4-7-16(12(2)19)17(13)14-8-10-15(18)11-9-14/h4,6-12,19H,3,5H2,1-2H3. The van der Waals surface area contributed by atoms with Gasteiger partial charge in [-0.2, -0.15) is 0 Å². The maximum absolute atomic E-state index is 13.1. The molecule has 2 aromatic carbocycles. The fourth-order valence-electron chi connectivity index (χ4n) is 2.41. The van der Waals surface area contributed by atoms with E-state index in [0.717, 1.165) is 29.5 Å². The average Bonchev–Trinajstić information content (AvgIpc) is 2.40. The van der Waals surface area contributed by atoms with E-state index in [1.54, 1.807) is 19.1 Å². The Bertz CT molecular complexity index is 544. The third kappa shape index (κ3) is 3.02. The van der Waals surface area contributed by atoms with Crippen LogP contribution >= 0.6 is 0 Å². The minimum absolute atomic E-state index is 0.240. The van der Waals surface area contributed by atoms with Gasteiger partial charge in [-0.15, -0.1) is 0 Å². The summed E-state index contributed by atoms with van der Waals surface area (Å²) in [5.74, 6) is -0.240. The van der Waals surface area contributed by atoms with Crippen LogP contribution in [-0.4, -0.2) is 5.11 Å². The highest BCUT2D eigenvalue weighted by Crippen LogP contribution is 2.32. The molecule has 1 N–H and O–H groups in total. The molecule has 0 saturated heterocycles. The van der Waals surface area contributed by atoms with Crippen LogP contribution in [-0.2, 0) is 6.42 Å². The molecule has 0 fully saturated rings. The van der Waals surface area contributed by atoms with Crippen molar-refractivity contribution in [3.8, 4) is 11.1 Å². The first-order valence-electron chi connectivity index (χ1n) is 6.69. The molecular formula is C17H19FO. The highest BCUT2D eigenvalue weighted by molar-refractivity contribution is 5.71. The molecule has 1 atom stereocenters. The van der Waals surface area contributed by atoms with Crippen LogP contribution in [0.1, 0.15) is 37.5 Å². The first-order valence-corrected chi connectivity index (χ1v) is 6.69. The Labute approximate surface area is 113 Å². The zero-order chi connectivity index (χ0) is 13.8. The molecule has 0 heterocycles. The zero-order valence-electron chi connectivity index (χ0n) is 11.4. The maximum atomic E-state index is 13.1. The molecule has 0 spiro atoms. The van der Waals surface area contributed by atoms with E-state index in [0.29, 0.717) is 0 Å². The molecule has 0 bridgehead atoms. The molecule has 0 aliphatic heterocycles.